The largest absolute Gasteiger partial charge is 0.450 e. The van der Waals surface area contributed by atoms with Crippen LogP contribution in [0.3, 0.4) is 0 Å². The number of nitro benzene ring substituents is 1. The molecule has 7 nitrogen and oxygen atoms in total. The molecule has 0 aliphatic heterocycles. The molecule has 0 bridgehead atoms. The fourth-order valence-corrected chi connectivity index (χ4v) is 2.89. The van der Waals surface area contributed by atoms with Crippen molar-refractivity contribution in [3.05, 3.63) is 98.6 Å². The van der Waals surface area contributed by atoms with Crippen LogP contribution in [0.1, 0.15) is 11.1 Å². The van der Waals surface area contributed by atoms with Gasteiger partial charge in [-0.25, -0.2) is 0 Å². The average Bonchev–Trinajstić information content (AvgIpc) is 2.78. The topological polar surface area (TPSA) is 105 Å². The molecule has 0 saturated carbocycles. The third kappa shape index (κ3) is 6.11. The predicted molar refractivity (Wildman–Crippen MR) is 118 cm³/mol. The molecule has 0 radical (unpaired) electrons. The number of hydrogen-bond donors (Lipinski definition) is 1. The number of ether oxygens (including phenoxy) is 1. The van der Waals surface area contributed by atoms with Gasteiger partial charge in [0.15, 0.2) is 0 Å². The maximum absolute atomic E-state index is 12.9. The second-order valence-corrected chi connectivity index (χ2v) is 7.18. The van der Waals surface area contributed by atoms with E-state index in [0.29, 0.717) is 28.4 Å². The van der Waals surface area contributed by atoms with E-state index < -0.39 is 34.0 Å². The summed E-state index contributed by atoms with van der Waals surface area (Å²) in [6.07, 6.45) is -3.49. The molecule has 0 unspecified atom stereocenters. The second-order valence-electron chi connectivity index (χ2n) is 6.74. The first-order valence-electron chi connectivity index (χ1n) is 9.39. The minimum Gasteiger partial charge on any atom is -0.450 e. The minimum absolute atomic E-state index is 0.0482. The first-order valence-corrected chi connectivity index (χ1v) is 9.77. The summed E-state index contributed by atoms with van der Waals surface area (Å²) in [7, 11) is 0. The van der Waals surface area contributed by atoms with Crippen LogP contribution >= 0.6 is 11.6 Å². The van der Waals surface area contributed by atoms with Crippen LogP contribution in [0.4, 0.5) is 24.5 Å². The van der Waals surface area contributed by atoms with E-state index >= 15 is 0 Å². The van der Waals surface area contributed by atoms with Crippen molar-refractivity contribution in [3.8, 4) is 17.6 Å². The average molecular weight is 488 g/mol. The Morgan fingerprint density at radius 3 is 2.44 bits per heavy atom. The number of nitriles is 1. The Balaban J connectivity index is 1.85. The number of carbonyl (C=O) groups excluding carboxylic acids is 1. The van der Waals surface area contributed by atoms with Crippen molar-refractivity contribution in [1.29, 1.82) is 5.26 Å². The lowest BCUT2D eigenvalue weighted by Crippen LogP contribution is -2.13. The van der Waals surface area contributed by atoms with E-state index in [4.69, 9.17) is 16.3 Å². The van der Waals surface area contributed by atoms with Crippen molar-refractivity contribution >= 4 is 35.0 Å². The monoisotopic (exact) mass is 487 g/mol. The van der Waals surface area contributed by atoms with Gasteiger partial charge in [0.1, 0.15) is 17.4 Å². The van der Waals surface area contributed by atoms with Crippen LogP contribution in [0.2, 0.25) is 5.02 Å². The Morgan fingerprint density at radius 2 is 1.82 bits per heavy atom. The maximum Gasteiger partial charge on any atom is 0.416 e. The van der Waals surface area contributed by atoms with Gasteiger partial charge in [0, 0.05) is 16.8 Å². The van der Waals surface area contributed by atoms with Crippen molar-refractivity contribution in [3.63, 3.8) is 0 Å². The first-order chi connectivity index (χ1) is 16.1. The SMILES string of the molecule is N#C/C(=C/c1cccc(Oc2ccc(C(F)(F)F)cc2[N+](=O)[O-])c1)C(=O)Nc1ccc(Cl)cc1. The Hall–Kier alpha value is -4.36. The summed E-state index contributed by atoms with van der Waals surface area (Å²) in [5.41, 5.74) is -1.53. The highest BCUT2D eigenvalue weighted by atomic mass is 35.5. The molecule has 1 N–H and O–H groups in total. The van der Waals surface area contributed by atoms with E-state index in [1.54, 1.807) is 36.4 Å². The summed E-state index contributed by atoms with van der Waals surface area (Å²) in [5.74, 6) is -1.04. The van der Waals surface area contributed by atoms with Gasteiger partial charge in [0.2, 0.25) is 5.75 Å². The number of hydrogen-bond acceptors (Lipinski definition) is 5. The van der Waals surface area contributed by atoms with E-state index in [1.165, 1.54) is 24.3 Å². The fourth-order valence-electron chi connectivity index (χ4n) is 2.76. The Bertz CT molecular complexity index is 1320. The van der Waals surface area contributed by atoms with Gasteiger partial charge in [-0.1, -0.05) is 23.7 Å². The normalized spacial score (nSPS) is 11.4. The number of rotatable bonds is 6. The quantitative estimate of drug-likeness (QED) is 0.182. The number of halogens is 4. The third-order valence-electron chi connectivity index (χ3n) is 4.35. The molecule has 0 fully saturated rings. The zero-order valence-electron chi connectivity index (χ0n) is 17.0. The van der Waals surface area contributed by atoms with Crippen molar-refractivity contribution in [2.75, 3.05) is 5.32 Å². The molecular formula is C23H13ClF3N3O4. The van der Waals surface area contributed by atoms with Crippen LogP contribution in [0.15, 0.2) is 72.3 Å². The molecule has 0 aliphatic rings. The van der Waals surface area contributed by atoms with Gasteiger partial charge in [0.25, 0.3) is 5.91 Å². The van der Waals surface area contributed by atoms with Crippen molar-refractivity contribution < 1.29 is 27.6 Å². The summed E-state index contributed by atoms with van der Waals surface area (Å²) < 4.78 is 44.1. The molecule has 3 rings (SSSR count). The molecule has 0 saturated heterocycles. The Kier molecular flexibility index (Phi) is 7.18. The molecule has 34 heavy (non-hydrogen) atoms. The zero-order chi connectivity index (χ0) is 24.9. The smallest absolute Gasteiger partial charge is 0.416 e. The van der Waals surface area contributed by atoms with E-state index in [2.05, 4.69) is 5.32 Å². The number of alkyl halides is 3. The first kappa shape index (κ1) is 24.3. The maximum atomic E-state index is 12.9. The van der Waals surface area contributed by atoms with Crippen LogP contribution in [0, 0.1) is 21.4 Å². The lowest BCUT2D eigenvalue weighted by molar-refractivity contribution is -0.385. The lowest BCUT2D eigenvalue weighted by Gasteiger charge is -2.10. The van der Waals surface area contributed by atoms with Gasteiger partial charge >= 0.3 is 11.9 Å². The summed E-state index contributed by atoms with van der Waals surface area (Å²) in [6.45, 7) is 0. The molecule has 0 spiro atoms. The van der Waals surface area contributed by atoms with Crippen LogP contribution in [0.5, 0.6) is 11.5 Å². The van der Waals surface area contributed by atoms with Gasteiger partial charge in [0.05, 0.1) is 10.5 Å². The number of carbonyl (C=O) groups is 1. The summed E-state index contributed by atoms with van der Waals surface area (Å²) in [5, 5.41) is 23.6. The highest BCUT2D eigenvalue weighted by Crippen LogP contribution is 2.38. The predicted octanol–water partition coefficient (Wildman–Crippen LogP) is 6.60. The van der Waals surface area contributed by atoms with Crippen molar-refractivity contribution in [2.24, 2.45) is 0 Å². The van der Waals surface area contributed by atoms with E-state index in [0.717, 1.165) is 6.07 Å². The number of nitro groups is 1. The Labute approximate surface area is 195 Å². The summed E-state index contributed by atoms with van der Waals surface area (Å²) >= 11 is 5.80. The lowest BCUT2D eigenvalue weighted by atomic mass is 10.1. The molecule has 172 valence electrons. The standard InChI is InChI=1S/C23H13ClF3N3O4/c24-17-5-7-18(8-6-17)29-22(31)15(13-28)10-14-2-1-3-19(11-14)34-21-9-4-16(23(25,26)27)12-20(21)30(32)33/h1-12H,(H,29,31)/b15-10-. The molecule has 3 aromatic rings. The molecule has 0 atom stereocenters. The third-order valence-corrected chi connectivity index (χ3v) is 4.60. The molecule has 1 amide bonds. The molecule has 0 aliphatic carbocycles. The van der Waals surface area contributed by atoms with Crippen LogP contribution in [-0.2, 0) is 11.0 Å². The van der Waals surface area contributed by atoms with E-state index in [1.807, 2.05) is 0 Å². The summed E-state index contributed by atoms with van der Waals surface area (Å²) in [4.78, 5) is 22.7. The Morgan fingerprint density at radius 1 is 1.12 bits per heavy atom. The number of anilines is 1. The number of benzene rings is 3. The molecule has 0 aromatic heterocycles. The van der Waals surface area contributed by atoms with Gasteiger partial charge in [-0.3, -0.25) is 14.9 Å². The molecule has 11 heteroatoms. The molecular weight excluding hydrogens is 475 g/mol. The molecule has 3 aromatic carbocycles. The van der Waals surface area contributed by atoms with Gasteiger partial charge < -0.3 is 10.1 Å². The summed E-state index contributed by atoms with van der Waals surface area (Å²) in [6, 6.07) is 15.7. The van der Waals surface area contributed by atoms with Crippen molar-refractivity contribution in [2.45, 2.75) is 6.18 Å². The van der Waals surface area contributed by atoms with Crippen molar-refractivity contribution in [1.82, 2.24) is 0 Å². The van der Waals surface area contributed by atoms with Crippen LogP contribution in [-0.4, -0.2) is 10.8 Å². The van der Waals surface area contributed by atoms with E-state index in [9.17, 15) is 33.3 Å². The number of amides is 1. The number of nitrogens with zero attached hydrogens (tertiary/aromatic N) is 2. The highest BCUT2D eigenvalue weighted by Gasteiger charge is 2.33. The highest BCUT2D eigenvalue weighted by molar-refractivity contribution is 6.30. The van der Waals surface area contributed by atoms with E-state index in [-0.39, 0.29) is 11.3 Å². The second kappa shape index (κ2) is 10.1. The fraction of sp³-hybridized carbons (Fsp3) is 0.0435. The molecule has 0 heterocycles. The number of nitrogens with one attached hydrogen (secondary N) is 1. The van der Waals surface area contributed by atoms with Crippen LogP contribution < -0.4 is 10.1 Å². The van der Waals surface area contributed by atoms with Gasteiger partial charge in [-0.2, -0.15) is 18.4 Å². The van der Waals surface area contributed by atoms with Gasteiger partial charge in [-0.15, -0.1) is 0 Å². The minimum atomic E-state index is -4.76. The van der Waals surface area contributed by atoms with Gasteiger partial charge in [-0.05, 0) is 60.2 Å². The van der Waals surface area contributed by atoms with Crippen LogP contribution in [0.25, 0.3) is 6.08 Å². The zero-order valence-corrected chi connectivity index (χ0v) is 17.7.